The molecule has 0 spiro atoms. The minimum atomic E-state index is -0.859. The van der Waals surface area contributed by atoms with Crippen molar-refractivity contribution >= 4 is 0 Å². The van der Waals surface area contributed by atoms with Gasteiger partial charge in [-0.05, 0) is 0 Å². The van der Waals surface area contributed by atoms with Crippen LogP contribution in [0.15, 0.2) is 0 Å². The largest absolute Gasteiger partial charge is 0.396 e. The van der Waals surface area contributed by atoms with E-state index in [9.17, 15) is 0 Å². The van der Waals surface area contributed by atoms with Crippen LogP contribution in [0, 0.1) is 5.92 Å². The van der Waals surface area contributed by atoms with Crippen LogP contribution < -0.4 is 5.32 Å². The van der Waals surface area contributed by atoms with Crippen molar-refractivity contribution in [1.29, 1.82) is 0 Å². The summed E-state index contributed by atoms with van der Waals surface area (Å²) in [6.45, 7) is 0.407. The molecule has 54 valence electrons. The number of hydrogen-bond donors (Lipinski definition) is 4. The summed E-state index contributed by atoms with van der Waals surface area (Å²) in [5, 5.41) is 29.0. The zero-order valence-electron chi connectivity index (χ0n) is 4.99. The fourth-order valence-electron chi connectivity index (χ4n) is 0.944. The van der Waals surface area contributed by atoms with Gasteiger partial charge in [-0.1, -0.05) is 0 Å². The maximum absolute atomic E-state index is 8.98. The average molecular weight is 133 g/mol. The highest BCUT2D eigenvalue weighted by Crippen LogP contribution is 2.11. The first kappa shape index (κ1) is 6.95. The summed E-state index contributed by atoms with van der Waals surface area (Å²) in [7, 11) is 0. The highest BCUT2D eigenvalue weighted by Gasteiger charge is 2.31. The lowest BCUT2D eigenvalue weighted by molar-refractivity contribution is 0.000669. The molecule has 0 saturated carbocycles. The summed E-state index contributed by atoms with van der Waals surface area (Å²) < 4.78 is 0. The quantitative estimate of drug-likeness (QED) is 0.330. The van der Waals surface area contributed by atoms with Gasteiger partial charge in [0.2, 0.25) is 0 Å². The van der Waals surface area contributed by atoms with Gasteiger partial charge in [0.25, 0.3) is 0 Å². The molecule has 4 N–H and O–H groups in total. The van der Waals surface area contributed by atoms with Crippen molar-refractivity contribution in [2.45, 2.75) is 12.3 Å². The van der Waals surface area contributed by atoms with E-state index in [-0.39, 0.29) is 12.5 Å². The summed E-state index contributed by atoms with van der Waals surface area (Å²) in [5.74, 6) is -0.208. The number of aliphatic hydroxyl groups excluding tert-OH is 3. The first-order valence-corrected chi connectivity index (χ1v) is 2.96. The summed E-state index contributed by atoms with van der Waals surface area (Å²) in [6.07, 6.45) is -1.67. The first-order valence-electron chi connectivity index (χ1n) is 2.96. The van der Waals surface area contributed by atoms with E-state index in [1.54, 1.807) is 0 Å². The molecule has 1 aliphatic rings. The molecule has 1 fully saturated rings. The van der Waals surface area contributed by atoms with Gasteiger partial charge in [0, 0.05) is 19.1 Å². The monoisotopic (exact) mass is 133 g/mol. The molecular formula is C5H11NO3. The van der Waals surface area contributed by atoms with Crippen molar-refractivity contribution < 1.29 is 15.3 Å². The van der Waals surface area contributed by atoms with Crippen molar-refractivity contribution in [2.75, 3.05) is 13.2 Å². The Morgan fingerprint density at radius 2 is 2.11 bits per heavy atom. The molecule has 3 unspecified atom stereocenters. The maximum Gasteiger partial charge on any atom is 0.131 e. The van der Waals surface area contributed by atoms with E-state index >= 15 is 0 Å². The predicted molar refractivity (Wildman–Crippen MR) is 30.6 cm³/mol. The van der Waals surface area contributed by atoms with Gasteiger partial charge >= 0.3 is 0 Å². The number of hydrogen-bond acceptors (Lipinski definition) is 4. The van der Waals surface area contributed by atoms with Crippen LogP contribution in [0.2, 0.25) is 0 Å². The van der Waals surface area contributed by atoms with Crippen molar-refractivity contribution in [3.05, 3.63) is 0 Å². The molecule has 0 aromatic rings. The third-order valence-electron chi connectivity index (χ3n) is 1.63. The third-order valence-corrected chi connectivity index (χ3v) is 1.63. The first-order chi connectivity index (χ1) is 4.25. The molecule has 0 aliphatic carbocycles. The van der Waals surface area contributed by atoms with E-state index in [4.69, 9.17) is 15.3 Å². The number of aliphatic hydroxyl groups is 3. The molecule has 0 amide bonds. The number of rotatable bonds is 1. The van der Waals surface area contributed by atoms with E-state index in [0.29, 0.717) is 6.54 Å². The van der Waals surface area contributed by atoms with Gasteiger partial charge in [0.15, 0.2) is 0 Å². The second-order valence-corrected chi connectivity index (χ2v) is 2.29. The molecule has 1 heterocycles. The van der Waals surface area contributed by atoms with Crippen molar-refractivity contribution in [3.63, 3.8) is 0 Å². The Kier molecular flexibility index (Phi) is 2.02. The van der Waals surface area contributed by atoms with Crippen LogP contribution in [0.3, 0.4) is 0 Å². The van der Waals surface area contributed by atoms with Crippen LogP contribution >= 0.6 is 0 Å². The van der Waals surface area contributed by atoms with Crippen LogP contribution in [-0.4, -0.2) is 40.8 Å². The normalized spacial score (nSPS) is 43.7. The second-order valence-electron chi connectivity index (χ2n) is 2.29. The van der Waals surface area contributed by atoms with Crippen LogP contribution in [0.25, 0.3) is 0 Å². The van der Waals surface area contributed by atoms with Gasteiger partial charge in [-0.25, -0.2) is 0 Å². The van der Waals surface area contributed by atoms with Crippen molar-refractivity contribution in [3.8, 4) is 0 Å². The van der Waals surface area contributed by atoms with Gasteiger partial charge < -0.3 is 15.3 Å². The zero-order chi connectivity index (χ0) is 6.85. The SMILES string of the molecule is OCC1CNC(O)C1O. The minimum absolute atomic E-state index is 0.0781. The molecule has 0 aromatic carbocycles. The van der Waals surface area contributed by atoms with Crippen LogP contribution in [-0.2, 0) is 0 Å². The Labute approximate surface area is 53.1 Å². The molecule has 4 heteroatoms. The molecule has 0 radical (unpaired) electrons. The minimum Gasteiger partial charge on any atom is -0.396 e. The molecule has 1 aliphatic heterocycles. The smallest absolute Gasteiger partial charge is 0.131 e. The lowest BCUT2D eigenvalue weighted by Gasteiger charge is -2.10. The molecule has 0 bridgehead atoms. The van der Waals surface area contributed by atoms with E-state index < -0.39 is 12.3 Å². The highest BCUT2D eigenvalue weighted by atomic mass is 16.3. The standard InChI is InChI=1S/C5H11NO3/c7-2-3-1-6-5(9)4(3)8/h3-9H,1-2H2. The van der Waals surface area contributed by atoms with Gasteiger partial charge in [0.1, 0.15) is 6.23 Å². The van der Waals surface area contributed by atoms with Crippen molar-refractivity contribution in [1.82, 2.24) is 5.32 Å². The Hall–Kier alpha value is -0.160. The summed E-state index contributed by atoms with van der Waals surface area (Å²) in [5.41, 5.74) is 0. The van der Waals surface area contributed by atoms with Crippen LogP contribution in [0.1, 0.15) is 0 Å². The average Bonchev–Trinajstić information content (AvgIpc) is 2.15. The predicted octanol–water partition coefficient (Wildman–Crippen LogP) is -2.12. The highest BCUT2D eigenvalue weighted by molar-refractivity contribution is 4.83. The van der Waals surface area contributed by atoms with Gasteiger partial charge in [0.05, 0.1) is 6.10 Å². The maximum atomic E-state index is 8.98. The molecular weight excluding hydrogens is 122 g/mol. The van der Waals surface area contributed by atoms with Gasteiger partial charge in [-0.2, -0.15) is 0 Å². The number of nitrogens with one attached hydrogen (secondary N) is 1. The third kappa shape index (κ3) is 1.21. The Morgan fingerprint density at radius 3 is 2.33 bits per heavy atom. The van der Waals surface area contributed by atoms with Crippen molar-refractivity contribution in [2.24, 2.45) is 5.92 Å². The Balaban J connectivity index is 2.41. The fourth-order valence-corrected chi connectivity index (χ4v) is 0.944. The summed E-state index contributed by atoms with van der Waals surface area (Å²) >= 11 is 0. The lowest BCUT2D eigenvalue weighted by atomic mass is 10.1. The zero-order valence-corrected chi connectivity index (χ0v) is 4.99. The molecule has 1 saturated heterocycles. The Morgan fingerprint density at radius 1 is 1.44 bits per heavy atom. The fraction of sp³-hybridized carbons (Fsp3) is 1.00. The second kappa shape index (κ2) is 2.62. The topological polar surface area (TPSA) is 72.7 Å². The molecule has 3 atom stereocenters. The lowest BCUT2D eigenvalue weighted by Crippen LogP contribution is -2.31. The molecule has 4 nitrogen and oxygen atoms in total. The van der Waals surface area contributed by atoms with Gasteiger partial charge in [-0.3, -0.25) is 5.32 Å². The van der Waals surface area contributed by atoms with E-state index in [0.717, 1.165) is 0 Å². The molecule has 1 rings (SSSR count). The summed E-state index contributed by atoms with van der Waals surface area (Å²) in [4.78, 5) is 0. The van der Waals surface area contributed by atoms with Crippen LogP contribution in [0.5, 0.6) is 0 Å². The Bertz CT molecular complexity index is 98.2. The summed E-state index contributed by atoms with van der Waals surface area (Å²) in [6, 6.07) is 0. The van der Waals surface area contributed by atoms with Gasteiger partial charge in [-0.15, -0.1) is 0 Å². The van der Waals surface area contributed by atoms with Crippen LogP contribution in [0.4, 0.5) is 0 Å². The molecule has 9 heavy (non-hydrogen) atoms. The molecule has 0 aromatic heterocycles. The van der Waals surface area contributed by atoms with E-state index in [2.05, 4.69) is 5.32 Å². The van der Waals surface area contributed by atoms with E-state index in [1.807, 2.05) is 0 Å². The van der Waals surface area contributed by atoms with E-state index in [1.165, 1.54) is 0 Å².